The summed E-state index contributed by atoms with van der Waals surface area (Å²) in [6.07, 6.45) is 1.77. The molecule has 0 saturated heterocycles. The number of nitrogens with zero attached hydrogens (tertiary/aromatic N) is 3. The van der Waals surface area contributed by atoms with Gasteiger partial charge in [0.25, 0.3) is 0 Å². The van der Waals surface area contributed by atoms with Crippen molar-refractivity contribution >= 4 is 5.71 Å². The van der Waals surface area contributed by atoms with E-state index in [1.165, 1.54) is 12.1 Å². The molecule has 1 aliphatic carbocycles. The molecule has 1 aromatic heterocycles. The first kappa shape index (κ1) is 13.1. The van der Waals surface area contributed by atoms with E-state index in [1.807, 2.05) is 6.07 Å². The normalized spacial score (nSPS) is 23.4. The van der Waals surface area contributed by atoms with E-state index in [-0.39, 0.29) is 11.3 Å². The van der Waals surface area contributed by atoms with E-state index in [0.717, 1.165) is 0 Å². The van der Waals surface area contributed by atoms with Crippen LogP contribution < -0.4 is 0 Å². The van der Waals surface area contributed by atoms with Crippen LogP contribution in [0.1, 0.15) is 16.8 Å². The van der Waals surface area contributed by atoms with E-state index in [4.69, 9.17) is 5.41 Å². The first-order valence-electron chi connectivity index (χ1n) is 6.38. The highest BCUT2D eigenvalue weighted by Crippen LogP contribution is 2.48. The Hall–Kier alpha value is -2.92. The van der Waals surface area contributed by atoms with Gasteiger partial charge in [-0.1, -0.05) is 12.1 Å². The second-order valence-electron chi connectivity index (χ2n) is 5.06. The van der Waals surface area contributed by atoms with Crippen LogP contribution in [0.4, 0.5) is 4.39 Å². The number of halogens is 1. The van der Waals surface area contributed by atoms with Gasteiger partial charge in [0.2, 0.25) is 0 Å². The Morgan fingerprint density at radius 1 is 1.29 bits per heavy atom. The van der Waals surface area contributed by atoms with Gasteiger partial charge >= 0.3 is 0 Å². The second kappa shape index (κ2) is 4.29. The van der Waals surface area contributed by atoms with Crippen LogP contribution in [-0.2, 0) is 12.5 Å². The Labute approximate surface area is 121 Å². The number of hydrogen-bond acceptors (Lipinski definition) is 3. The summed E-state index contributed by atoms with van der Waals surface area (Å²) in [5, 5.41) is 27.5. The van der Waals surface area contributed by atoms with Gasteiger partial charge in [-0.25, -0.2) is 4.39 Å². The number of hydrogen-bond donors (Lipinski definition) is 1. The number of aryl methyl sites for hydroxylation is 1. The number of benzene rings is 1. The molecule has 0 fully saturated rings. The average Bonchev–Trinajstić information content (AvgIpc) is 3.00. The predicted octanol–water partition coefficient (Wildman–Crippen LogP) is 2.50. The number of fused-ring (bicyclic) bond motifs is 1. The largest absolute Gasteiger partial charge is 0.353 e. The van der Waals surface area contributed by atoms with Crippen LogP contribution in [-0.4, -0.2) is 10.3 Å². The van der Waals surface area contributed by atoms with Gasteiger partial charge in [-0.05, 0) is 23.8 Å². The number of nitrogens with one attached hydrogen (secondary N) is 1. The van der Waals surface area contributed by atoms with Gasteiger partial charge in [0.05, 0.1) is 17.9 Å². The topological polar surface area (TPSA) is 76.4 Å². The molecule has 1 N–H and O–H groups in total. The molecular formula is C16H11FN4. The van der Waals surface area contributed by atoms with E-state index in [0.29, 0.717) is 11.3 Å². The van der Waals surface area contributed by atoms with E-state index in [1.54, 1.807) is 36.0 Å². The summed E-state index contributed by atoms with van der Waals surface area (Å²) in [5.74, 6) is -1.59. The van der Waals surface area contributed by atoms with E-state index in [9.17, 15) is 14.9 Å². The molecule has 2 atom stereocenters. The molecule has 5 heteroatoms. The Morgan fingerprint density at radius 2 is 2.05 bits per heavy atom. The third kappa shape index (κ3) is 1.43. The van der Waals surface area contributed by atoms with Crippen LogP contribution in [0, 0.1) is 39.8 Å². The molecule has 0 aliphatic heterocycles. The molecule has 21 heavy (non-hydrogen) atoms. The van der Waals surface area contributed by atoms with Crippen molar-refractivity contribution in [3.8, 4) is 12.1 Å². The first-order valence-corrected chi connectivity index (χ1v) is 6.38. The third-order valence-electron chi connectivity index (χ3n) is 4.08. The minimum absolute atomic E-state index is 0.0757. The van der Waals surface area contributed by atoms with Crippen molar-refractivity contribution in [1.29, 1.82) is 15.9 Å². The van der Waals surface area contributed by atoms with Crippen molar-refractivity contribution in [3.63, 3.8) is 0 Å². The Bertz CT molecular complexity index is 837. The molecule has 0 bridgehead atoms. The SMILES string of the molecule is Cn1cccc1C1(C#N)c2cccc(F)c2C(=N)C1C#N. The van der Waals surface area contributed by atoms with Gasteiger partial charge in [-0.15, -0.1) is 0 Å². The molecule has 102 valence electrons. The molecule has 0 radical (unpaired) electrons. The smallest absolute Gasteiger partial charge is 0.144 e. The summed E-state index contributed by atoms with van der Waals surface area (Å²) in [7, 11) is 1.77. The third-order valence-corrected chi connectivity index (χ3v) is 4.08. The van der Waals surface area contributed by atoms with Crippen molar-refractivity contribution in [3.05, 3.63) is 59.2 Å². The van der Waals surface area contributed by atoms with Gasteiger partial charge in [0.15, 0.2) is 0 Å². The van der Waals surface area contributed by atoms with Crippen LogP contribution in [0.5, 0.6) is 0 Å². The van der Waals surface area contributed by atoms with Gasteiger partial charge < -0.3 is 9.98 Å². The van der Waals surface area contributed by atoms with Crippen LogP contribution in [0.2, 0.25) is 0 Å². The van der Waals surface area contributed by atoms with Crippen molar-refractivity contribution in [1.82, 2.24) is 4.57 Å². The van der Waals surface area contributed by atoms with Crippen LogP contribution >= 0.6 is 0 Å². The Kier molecular flexibility index (Phi) is 2.67. The second-order valence-corrected chi connectivity index (χ2v) is 5.06. The zero-order valence-corrected chi connectivity index (χ0v) is 11.3. The fourth-order valence-corrected chi connectivity index (χ4v) is 3.14. The van der Waals surface area contributed by atoms with Crippen LogP contribution in [0.25, 0.3) is 0 Å². The predicted molar refractivity (Wildman–Crippen MR) is 74.1 cm³/mol. The molecule has 1 heterocycles. The minimum Gasteiger partial charge on any atom is -0.353 e. The molecule has 0 amide bonds. The zero-order valence-electron chi connectivity index (χ0n) is 11.3. The highest BCUT2D eigenvalue weighted by Gasteiger charge is 2.54. The highest BCUT2D eigenvalue weighted by atomic mass is 19.1. The van der Waals surface area contributed by atoms with Gasteiger partial charge in [0.1, 0.15) is 17.2 Å². The lowest BCUT2D eigenvalue weighted by molar-refractivity contribution is 0.567. The summed E-state index contributed by atoms with van der Waals surface area (Å²) in [4.78, 5) is 0. The first-order chi connectivity index (χ1) is 10.1. The summed E-state index contributed by atoms with van der Waals surface area (Å²) < 4.78 is 15.8. The molecule has 2 unspecified atom stereocenters. The monoisotopic (exact) mass is 278 g/mol. The van der Waals surface area contributed by atoms with Crippen LogP contribution in [0.3, 0.4) is 0 Å². The van der Waals surface area contributed by atoms with Crippen molar-refractivity contribution in [2.75, 3.05) is 0 Å². The number of aromatic nitrogens is 1. The van der Waals surface area contributed by atoms with Crippen molar-refractivity contribution in [2.45, 2.75) is 5.41 Å². The molecule has 1 aliphatic rings. The summed E-state index contributed by atoms with van der Waals surface area (Å²) in [5.41, 5.74) is -0.421. The highest BCUT2D eigenvalue weighted by molar-refractivity contribution is 6.09. The Morgan fingerprint density at radius 3 is 2.62 bits per heavy atom. The molecule has 3 rings (SSSR count). The Balaban J connectivity index is 2.44. The average molecular weight is 278 g/mol. The minimum atomic E-state index is -1.35. The van der Waals surface area contributed by atoms with E-state index < -0.39 is 17.2 Å². The van der Waals surface area contributed by atoms with E-state index in [2.05, 4.69) is 6.07 Å². The fraction of sp³-hybridized carbons (Fsp3) is 0.188. The lowest BCUT2D eigenvalue weighted by Gasteiger charge is -2.26. The summed E-state index contributed by atoms with van der Waals surface area (Å²) in [6, 6.07) is 12.1. The number of rotatable bonds is 1. The van der Waals surface area contributed by atoms with Crippen molar-refractivity contribution in [2.24, 2.45) is 13.0 Å². The molecule has 0 spiro atoms. The lowest BCUT2D eigenvalue weighted by Crippen LogP contribution is -2.34. The van der Waals surface area contributed by atoms with Gasteiger partial charge in [-0.2, -0.15) is 10.5 Å². The molecule has 1 aromatic carbocycles. The maximum Gasteiger partial charge on any atom is 0.144 e. The molecule has 4 nitrogen and oxygen atoms in total. The quantitative estimate of drug-likeness (QED) is 0.870. The zero-order chi connectivity index (χ0) is 15.2. The van der Waals surface area contributed by atoms with Crippen LogP contribution in [0.15, 0.2) is 36.5 Å². The standard InChI is InChI=1S/C16H11FN4/c1-21-7-3-6-13(21)16(9-19)10-4-2-5-12(17)14(10)15(20)11(16)8-18/h2-7,11,20H,1H3. The van der Waals surface area contributed by atoms with Crippen molar-refractivity contribution < 1.29 is 4.39 Å². The maximum absolute atomic E-state index is 14.1. The van der Waals surface area contributed by atoms with Gasteiger partial charge in [0, 0.05) is 24.5 Å². The molecule has 0 saturated carbocycles. The lowest BCUT2D eigenvalue weighted by atomic mass is 9.73. The molecule has 2 aromatic rings. The molecular weight excluding hydrogens is 267 g/mol. The fourth-order valence-electron chi connectivity index (χ4n) is 3.14. The van der Waals surface area contributed by atoms with Gasteiger partial charge in [-0.3, -0.25) is 0 Å². The maximum atomic E-state index is 14.1. The number of nitriles is 2. The summed E-state index contributed by atoms with van der Waals surface area (Å²) in [6.45, 7) is 0. The summed E-state index contributed by atoms with van der Waals surface area (Å²) >= 11 is 0. The van der Waals surface area contributed by atoms with E-state index >= 15 is 0 Å².